The number of nitrogens with zero attached hydrogens (tertiary/aromatic N) is 6. The Morgan fingerprint density at radius 2 is 1.57 bits per heavy atom. The van der Waals surface area contributed by atoms with E-state index in [0.29, 0.717) is 59.0 Å². The number of hydrogen-bond acceptors (Lipinski definition) is 10. The molecule has 10 nitrogen and oxygen atoms in total. The molecule has 5 heterocycles. The van der Waals surface area contributed by atoms with Crippen molar-refractivity contribution < 1.29 is 17.9 Å². The zero-order valence-electron chi connectivity index (χ0n) is 21.9. The molecule has 3 aromatic rings. The van der Waals surface area contributed by atoms with Crippen LogP contribution in [-0.2, 0) is 21.1 Å². The van der Waals surface area contributed by atoms with Crippen molar-refractivity contribution in [1.82, 2.24) is 24.8 Å². The molecule has 40 heavy (non-hydrogen) atoms. The van der Waals surface area contributed by atoms with Crippen LogP contribution in [0.3, 0.4) is 0 Å². The van der Waals surface area contributed by atoms with Crippen molar-refractivity contribution in [2.24, 2.45) is 0 Å². The van der Waals surface area contributed by atoms with Crippen LogP contribution in [0, 0.1) is 0 Å². The number of ether oxygens (including phenoxy) is 2. The van der Waals surface area contributed by atoms with E-state index in [9.17, 15) is 8.42 Å². The number of pyridine rings is 1. The molecular formula is C27H30Cl2N6O4S. The summed E-state index contributed by atoms with van der Waals surface area (Å²) in [5.74, 6) is 1.84. The molecule has 0 spiro atoms. The van der Waals surface area contributed by atoms with Crippen molar-refractivity contribution in [3.8, 4) is 22.9 Å². The molecule has 0 bridgehead atoms. The van der Waals surface area contributed by atoms with Crippen LogP contribution >= 0.6 is 23.2 Å². The van der Waals surface area contributed by atoms with Crippen molar-refractivity contribution in [2.75, 3.05) is 68.9 Å². The molecule has 0 aliphatic carbocycles. The van der Waals surface area contributed by atoms with Gasteiger partial charge in [0.05, 0.1) is 48.8 Å². The van der Waals surface area contributed by atoms with E-state index in [2.05, 4.69) is 24.7 Å². The van der Waals surface area contributed by atoms with E-state index < -0.39 is 9.84 Å². The highest BCUT2D eigenvalue weighted by Gasteiger charge is 2.29. The number of hydrogen-bond donors (Lipinski definition) is 0. The monoisotopic (exact) mass is 604 g/mol. The van der Waals surface area contributed by atoms with Crippen LogP contribution < -0.4 is 9.64 Å². The van der Waals surface area contributed by atoms with E-state index in [1.807, 2.05) is 12.1 Å². The van der Waals surface area contributed by atoms with E-state index in [1.165, 1.54) is 0 Å². The number of aromatic nitrogens is 3. The van der Waals surface area contributed by atoms with E-state index in [0.717, 1.165) is 50.5 Å². The van der Waals surface area contributed by atoms with E-state index >= 15 is 0 Å². The maximum absolute atomic E-state index is 11.9. The molecule has 6 rings (SSSR count). The Kier molecular flexibility index (Phi) is 8.11. The first-order valence-electron chi connectivity index (χ1n) is 13.3. The molecule has 3 saturated heterocycles. The van der Waals surface area contributed by atoms with Crippen molar-refractivity contribution in [2.45, 2.75) is 12.6 Å². The molecule has 1 aromatic carbocycles. The van der Waals surface area contributed by atoms with E-state index in [-0.39, 0.29) is 11.5 Å². The quantitative estimate of drug-likeness (QED) is 0.399. The first kappa shape index (κ1) is 27.6. The fourth-order valence-corrected chi connectivity index (χ4v) is 6.89. The SMILES string of the molecule is O=S1(=O)CCN(Cc2cc(Oc3cnc(N4CCN(C5COC5)CC4)nc3)nc(-c3cc(Cl)cc(Cl)c3)c2)CC1. The normalized spacial score (nSPS) is 20.3. The third kappa shape index (κ3) is 6.67. The summed E-state index contributed by atoms with van der Waals surface area (Å²) >= 11 is 12.5. The molecule has 2 aromatic heterocycles. The summed E-state index contributed by atoms with van der Waals surface area (Å²) in [7, 11) is -2.97. The van der Waals surface area contributed by atoms with Crippen LogP contribution in [0.25, 0.3) is 11.3 Å². The maximum Gasteiger partial charge on any atom is 0.225 e. The Labute approximate surface area is 243 Å². The molecule has 0 saturated carbocycles. The minimum Gasteiger partial charge on any atom is -0.436 e. The second-order valence-corrected chi connectivity index (χ2v) is 13.5. The van der Waals surface area contributed by atoms with Gasteiger partial charge >= 0.3 is 0 Å². The summed E-state index contributed by atoms with van der Waals surface area (Å²) in [5, 5.41) is 1.01. The summed E-state index contributed by atoms with van der Waals surface area (Å²) in [5.41, 5.74) is 2.33. The lowest BCUT2D eigenvalue weighted by atomic mass is 10.1. The summed E-state index contributed by atoms with van der Waals surface area (Å²) in [6.45, 7) is 6.83. The average molecular weight is 606 g/mol. The van der Waals surface area contributed by atoms with Gasteiger partial charge in [0.2, 0.25) is 11.8 Å². The zero-order valence-corrected chi connectivity index (χ0v) is 24.2. The Morgan fingerprint density at radius 3 is 2.20 bits per heavy atom. The lowest BCUT2D eigenvalue weighted by Crippen LogP contribution is -2.56. The molecular weight excluding hydrogens is 575 g/mol. The number of benzene rings is 1. The van der Waals surface area contributed by atoms with Crippen molar-refractivity contribution in [1.29, 1.82) is 0 Å². The number of piperazine rings is 1. The molecule has 0 N–H and O–H groups in total. The molecule has 0 atom stereocenters. The van der Waals surface area contributed by atoms with Crippen LogP contribution in [0.4, 0.5) is 5.95 Å². The Bertz CT molecular complexity index is 1430. The second-order valence-electron chi connectivity index (χ2n) is 10.3. The first-order valence-corrected chi connectivity index (χ1v) is 15.8. The maximum atomic E-state index is 11.9. The molecule has 3 aliphatic rings. The number of rotatable bonds is 7. The van der Waals surface area contributed by atoms with Gasteiger partial charge < -0.3 is 14.4 Å². The molecule has 0 amide bonds. The fourth-order valence-electron chi connectivity index (χ4n) is 5.09. The lowest BCUT2D eigenvalue weighted by molar-refractivity contribution is -0.0661. The van der Waals surface area contributed by atoms with Crippen LogP contribution in [-0.4, -0.2) is 103 Å². The topological polar surface area (TPSA) is 101 Å². The highest BCUT2D eigenvalue weighted by Crippen LogP contribution is 2.30. The Hall–Kier alpha value is -2.54. The Balaban J connectivity index is 1.19. The molecule has 0 unspecified atom stereocenters. The van der Waals surface area contributed by atoms with Crippen LogP contribution in [0.5, 0.6) is 11.6 Å². The van der Waals surface area contributed by atoms with Gasteiger partial charge in [-0.2, -0.15) is 0 Å². The van der Waals surface area contributed by atoms with Crippen molar-refractivity contribution >= 4 is 39.0 Å². The van der Waals surface area contributed by atoms with Crippen molar-refractivity contribution in [3.63, 3.8) is 0 Å². The van der Waals surface area contributed by atoms with Gasteiger partial charge in [-0.15, -0.1) is 0 Å². The lowest BCUT2D eigenvalue weighted by Gasteiger charge is -2.42. The predicted molar refractivity (Wildman–Crippen MR) is 154 cm³/mol. The summed E-state index contributed by atoms with van der Waals surface area (Å²) in [4.78, 5) is 20.6. The van der Waals surface area contributed by atoms with E-state index in [4.69, 9.17) is 37.7 Å². The molecule has 13 heteroatoms. The van der Waals surface area contributed by atoms with Gasteiger partial charge in [-0.25, -0.2) is 23.4 Å². The van der Waals surface area contributed by atoms with Gasteiger partial charge in [0.1, 0.15) is 0 Å². The molecule has 3 fully saturated rings. The summed E-state index contributed by atoms with van der Waals surface area (Å²) in [6.07, 6.45) is 3.32. The van der Waals surface area contributed by atoms with Crippen LogP contribution in [0.1, 0.15) is 5.56 Å². The predicted octanol–water partition coefficient (Wildman–Crippen LogP) is 3.39. The molecule has 0 radical (unpaired) electrons. The highest BCUT2D eigenvalue weighted by molar-refractivity contribution is 7.91. The fraction of sp³-hybridized carbons (Fsp3) is 0.444. The number of anilines is 1. The second kappa shape index (κ2) is 11.8. The minimum absolute atomic E-state index is 0.159. The third-order valence-electron chi connectivity index (χ3n) is 7.43. The third-order valence-corrected chi connectivity index (χ3v) is 9.48. The van der Waals surface area contributed by atoms with Gasteiger partial charge in [0, 0.05) is 67.5 Å². The van der Waals surface area contributed by atoms with Gasteiger partial charge in [0.15, 0.2) is 15.6 Å². The summed E-state index contributed by atoms with van der Waals surface area (Å²) in [6, 6.07) is 9.61. The number of sulfone groups is 1. The molecule has 3 aliphatic heterocycles. The van der Waals surface area contributed by atoms with Crippen molar-refractivity contribution in [3.05, 3.63) is 58.3 Å². The minimum atomic E-state index is -2.97. The van der Waals surface area contributed by atoms with Crippen LogP contribution in [0.2, 0.25) is 10.0 Å². The first-order chi connectivity index (χ1) is 19.3. The smallest absolute Gasteiger partial charge is 0.225 e. The van der Waals surface area contributed by atoms with Gasteiger partial charge in [-0.1, -0.05) is 23.2 Å². The summed E-state index contributed by atoms with van der Waals surface area (Å²) < 4.78 is 35.2. The average Bonchev–Trinajstić information content (AvgIpc) is 2.89. The molecule has 212 valence electrons. The van der Waals surface area contributed by atoms with Gasteiger partial charge in [0.25, 0.3) is 0 Å². The van der Waals surface area contributed by atoms with Gasteiger partial charge in [-0.3, -0.25) is 9.80 Å². The number of halogens is 2. The Morgan fingerprint density at radius 1 is 0.900 bits per heavy atom. The largest absolute Gasteiger partial charge is 0.436 e. The van der Waals surface area contributed by atoms with Crippen LogP contribution in [0.15, 0.2) is 42.7 Å². The zero-order chi connectivity index (χ0) is 27.7. The van der Waals surface area contributed by atoms with Gasteiger partial charge in [-0.05, 0) is 29.8 Å². The van der Waals surface area contributed by atoms with E-state index in [1.54, 1.807) is 30.6 Å². The standard InChI is InChI=1S/C27H30Cl2N6O4S/c28-21-11-20(12-22(29)13-21)25-9-19(16-33-5-7-40(36,37)8-6-33)10-26(32-25)39-24-14-30-27(31-15-24)35-3-1-34(2-4-35)23-17-38-18-23/h9-15,23H,1-8,16-18H2. The highest BCUT2D eigenvalue weighted by atomic mass is 35.5.